The van der Waals surface area contributed by atoms with Gasteiger partial charge in [-0.3, -0.25) is 0 Å². The van der Waals surface area contributed by atoms with Gasteiger partial charge in [-0.1, -0.05) is 42.5 Å². The molecule has 0 saturated carbocycles. The zero-order valence-corrected chi connectivity index (χ0v) is 12.6. The third kappa shape index (κ3) is 2.73. The maximum Gasteiger partial charge on any atom is 0.238 e. The first-order valence-electron chi connectivity index (χ1n) is 6.18. The Kier molecular flexibility index (Phi) is 3.59. The molecule has 0 amide bonds. The molecule has 0 aliphatic rings. The molecule has 0 aliphatic heterocycles. The third-order valence-electron chi connectivity index (χ3n) is 3.06. The van der Waals surface area contributed by atoms with Crippen LogP contribution in [-0.2, 0) is 10.0 Å². The quantitative estimate of drug-likeness (QED) is 0.807. The number of aromatic nitrogens is 1. The largest absolute Gasteiger partial charge is 0.245 e. The Hall–Kier alpha value is -2.02. The van der Waals surface area contributed by atoms with Crippen LogP contribution in [0.1, 0.15) is 0 Å². The summed E-state index contributed by atoms with van der Waals surface area (Å²) in [4.78, 5) is 4.39. The fourth-order valence-electron chi connectivity index (χ4n) is 2.21. The van der Waals surface area contributed by atoms with Crippen molar-refractivity contribution in [1.82, 2.24) is 4.98 Å². The van der Waals surface area contributed by atoms with Crippen molar-refractivity contribution in [2.45, 2.75) is 4.90 Å². The van der Waals surface area contributed by atoms with Gasteiger partial charge in [0.2, 0.25) is 10.0 Å². The van der Waals surface area contributed by atoms with E-state index in [1.165, 1.54) is 17.4 Å². The highest BCUT2D eigenvalue weighted by Gasteiger charge is 2.20. The van der Waals surface area contributed by atoms with Crippen LogP contribution in [0.4, 0.5) is 0 Å². The minimum absolute atomic E-state index is 0.112. The van der Waals surface area contributed by atoms with E-state index in [0.717, 1.165) is 16.1 Å². The average molecular weight is 316 g/mol. The van der Waals surface area contributed by atoms with Crippen molar-refractivity contribution in [3.63, 3.8) is 0 Å². The highest BCUT2D eigenvalue weighted by Crippen LogP contribution is 2.37. The molecule has 3 rings (SSSR count). The Balaban J connectivity index is 2.38. The number of nitrogens with two attached hydrogens (primary N) is 1. The smallest absolute Gasteiger partial charge is 0.238 e. The number of hydrogen-bond acceptors (Lipinski definition) is 4. The summed E-state index contributed by atoms with van der Waals surface area (Å²) in [5.41, 5.74) is 2.16. The van der Waals surface area contributed by atoms with Gasteiger partial charge in [0, 0.05) is 22.7 Å². The van der Waals surface area contributed by atoms with Gasteiger partial charge in [0.15, 0.2) is 0 Å². The van der Waals surface area contributed by atoms with Crippen molar-refractivity contribution in [2.75, 3.05) is 0 Å². The molecule has 1 heterocycles. The molecule has 6 heteroatoms. The van der Waals surface area contributed by atoms with Crippen molar-refractivity contribution in [3.05, 3.63) is 60.1 Å². The molecule has 2 aromatic carbocycles. The van der Waals surface area contributed by atoms with Gasteiger partial charge in [-0.15, -0.1) is 11.3 Å². The van der Waals surface area contributed by atoms with E-state index in [4.69, 9.17) is 5.14 Å². The molecule has 106 valence electrons. The normalized spacial score (nSPS) is 11.5. The number of primary sulfonamides is 1. The van der Waals surface area contributed by atoms with Crippen LogP contribution in [0.25, 0.3) is 21.7 Å². The van der Waals surface area contributed by atoms with Crippen LogP contribution in [0.5, 0.6) is 0 Å². The van der Waals surface area contributed by atoms with Crippen molar-refractivity contribution < 1.29 is 8.42 Å². The lowest BCUT2D eigenvalue weighted by Crippen LogP contribution is -2.13. The van der Waals surface area contributed by atoms with E-state index in [0.29, 0.717) is 5.56 Å². The van der Waals surface area contributed by atoms with Crippen LogP contribution < -0.4 is 5.14 Å². The molecule has 0 radical (unpaired) electrons. The molecule has 4 nitrogen and oxygen atoms in total. The van der Waals surface area contributed by atoms with Crippen molar-refractivity contribution in [2.24, 2.45) is 5.14 Å². The molecule has 0 unspecified atom stereocenters. The van der Waals surface area contributed by atoms with E-state index in [-0.39, 0.29) is 4.90 Å². The first-order valence-corrected chi connectivity index (χ1v) is 8.61. The number of rotatable bonds is 3. The van der Waals surface area contributed by atoms with Gasteiger partial charge >= 0.3 is 0 Å². The first kappa shape index (κ1) is 13.9. The number of nitrogens with zero attached hydrogens (tertiary/aromatic N) is 1. The lowest BCUT2D eigenvalue weighted by molar-refractivity contribution is 0.598. The average Bonchev–Trinajstić information content (AvgIpc) is 3.00. The van der Waals surface area contributed by atoms with Gasteiger partial charge in [0.25, 0.3) is 0 Å². The second kappa shape index (κ2) is 5.40. The zero-order chi connectivity index (χ0) is 14.9. The minimum Gasteiger partial charge on any atom is -0.245 e. The van der Waals surface area contributed by atoms with Gasteiger partial charge < -0.3 is 0 Å². The standard InChI is InChI=1S/C15H12N2O2S2/c16-21(18,19)13-8-4-7-12(15-17-9-10-20-15)14(13)11-5-2-1-3-6-11/h1-10H,(H2,16,18,19). The molecule has 0 atom stereocenters. The molecule has 1 aromatic heterocycles. The van der Waals surface area contributed by atoms with Gasteiger partial charge in [0.05, 0.1) is 4.90 Å². The van der Waals surface area contributed by atoms with Gasteiger partial charge in [-0.05, 0) is 11.6 Å². The van der Waals surface area contributed by atoms with Gasteiger partial charge in [-0.25, -0.2) is 18.5 Å². The lowest BCUT2D eigenvalue weighted by atomic mass is 10.00. The van der Waals surface area contributed by atoms with Crippen LogP contribution in [-0.4, -0.2) is 13.4 Å². The molecule has 2 N–H and O–H groups in total. The monoisotopic (exact) mass is 316 g/mol. The number of hydrogen-bond donors (Lipinski definition) is 1. The molecule has 0 bridgehead atoms. The predicted molar refractivity (Wildman–Crippen MR) is 84.4 cm³/mol. The molecular weight excluding hydrogens is 304 g/mol. The van der Waals surface area contributed by atoms with Gasteiger partial charge in [0.1, 0.15) is 5.01 Å². The van der Waals surface area contributed by atoms with E-state index in [1.807, 2.05) is 41.8 Å². The summed E-state index contributed by atoms with van der Waals surface area (Å²) < 4.78 is 23.8. The predicted octanol–water partition coefficient (Wildman–Crippen LogP) is 3.12. The molecule has 0 fully saturated rings. The van der Waals surface area contributed by atoms with E-state index in [9.17, 15) is 8.42 Å². The molecule has 0 aliphatic carbocycles. The van der Waals surface area contributed by atoms with Crippen molar-refractivity contribution >= 4 is 21.4 Å². The molecular formula is C15H12N2O2S2. The van der Waals surface area contributed by atoms with Crippen LogP contribution in [0, 0.1) is 0 Å². The van der Waals surface area contributed by atoms with Crippen LogP contribution in [0.3, 0.4) is 0 Å². The SMILES string of the molecule is NS(=O)(=O)c1cccc(-c2nccs2)c1-c1ccccc1. The van der Waals surface area contributed by atoms with E-state index < -0.39 is 10.0 Å². The molecule has 21 heavy (non-hydrogen) atoms. The Labute approximate surface area is 127 Å². The number of thiazole rings is 1. The fourth-order valence-corrected chi connectivity index (χ4v) is 3.66. The summed E-state index contributed by atoms with van der Waals surface area (Å²) in [6, 6.07) is 14.4. The topological polar surface area (TPSA) is 73.1 Å². The number of sulfonamides is 1. The molecule has 3 aromatic rings. The Morgan fingerprint density at radius 2 is 1.76 bits per heavy atom. The first-order chi connectivity index (χ1) is 10.1. The maximum absolute atomic E-state index is 11.9. The van der Waals surface area contributed by atoms with Gasteiger partial charge in [-0.2, -0.15) is 0 Å². The number of benzene rings is 2. The van der Waals surface area contributed by atoms with E-state index >= 15 is 0 Å². The summed E-state index contributed by atoms with van der Waals surface area (Å²) in [6.45, 7) is 0. The van der Waals surface area contributed by atoms with Crippen molar-refractivity contribution in [3.8, 4) is 21.7 Å². The summed E-state index contributed by atoms with van der Waals surface area (Å²) >= 11 is 1.46. The second-order valence-electron chi connectivity index (χ2n) is 4.43. The highest BCUT2D eigenvalue weighted by atomic mass is 32.2. The van der Waals surface area contributed by atoms with E-state index in [1.54, 1.807) is 12.3 Å². The summed E-state index contributed by atoms with van der Waals surface area (Å²) in [7, 11) is -3.82. The third-order valence-corrected chi connectivity index (χ3v) is 4.82. The minimum atomic E-state index is -3.82. The van der Waals surface area contributed by atoms with Crippen LogP contribution >= 0.6 is 11.3 Å². The zero-order valence-electron chi connectivity index (χ0n) is 10.9. The Bertz CT molecular complexity index is 858. The fraction of sp³-hybridized carbons (Fsp3) is 0. The van der Waals surface area contributed by atoms with Crippen LogP contribution in [0.15, 0.2) is 65.0 Å². The maximum atomic E-state index is 11.9. The molecule has 0 spiro atoms. The molecule has 0 saturated heterocycles. The van der Waals surface area contributed by atoms with E-state index in [2.05, 4.69) is 4.98 Å². The highest BCUT2D eigenvalue weighted by molar-refractivity contribution is 7.89. The Morgan fingerprint density at radius 3 is 2.38 bits per heavy atom. The van der Waals surface area contributed by atoms with Crippen LogP contribution in [0.2, 0.25) is 0 Å². The lowest BCUT2D eigenvalue weighted by Gasteiger charge is -2.12. The summed E-state index contributed by atoms with van der Waals surface area (Å²) in [5, 5.41) is 7.99. The van der Waals surface area contributed by atoms with Crippen molar-refractivity contribution in [1.29, 1.82) is 0 Å². The summed E-state index contributed by atoms with van der Waals surface area (Å²) in [5.74, 6) is 0. The second-order valence-corrected chi connectivity index (χ2v) is 6.85. The Morgan fingerprint density at radius 1 is 1.00 bits per heavy atom. The summed E-state index contributed by atoms with van der Waals surface area (Å²) in [6.07, 6.45) is 1.69.